The van der Waals surface area contributed by atoms with Gasteiger partial charge in [0.05, 0.1) is 0 Å². The Bertz CT molecular complexity index is 57.9. The van der Waals surface area contributed by atoms with Gasteiger partial charge >= 0.3 is 0 Å². The zero-order valence-electron chi connectivity index (χ0n) is 5.08. The van der Waals surface area contributed by atoms with E-state index in [0.717, 1.165) is 13.3 Å². The van der Waals surface area contributed by atoms with Gasteiger partial charge in [0.2, 0.25) is 0 Å². The van der Waals surface area contributed by atoms with Gasteiger partial charge in [-0.2, -0.15) is 8.78 Å². The van der Waals surface area contributed by atoms with Crippen LogP contribution < -0.4 is 0 Å². The molecule has 0 nitrogen and oxygen atoms in total. The fourth-order valence-corrected chi connectivity index (χ4v) is 0.844. The van der Waals surface area contributed by atoms with E-state index in [0.29, 0.717) is 17.5 Å². The quantitative estimate of drug-likeness (QED) is 0.580. The van der Waals surface area contributed by atoms with Crippen molar-refractivity contribution >= 4 is 11.8 Å². The summed E-state index contributed by atoms with van der Waals surface area (Å²) in [7, 11) is 0. The summed E-state index contributed by atoms with van der Waals surface area (Å²) in [6, 6.07) is 0. The largest absolute Gasteiger partial charge is 0.291 e. The van der Waals surface area contributed by atoms with Crippen molar-refractivity contribution in [3.8, 4) is 0 Å². The van der Waals surface area contributed by atoms with Crippen LogP contribution in [-0.4, -0.2) is 11.0 Å². The molecule has 0 radical (unpaired) electrons. The molecule has 0 spiro atoms. The Hall–Kier alpha value is 0.210. The molecular weight excluding hydrogens is 130 g/mol. The Morgan fingerprint density at radius 2 is 2.00 bits per heavy atom. The number of rotatable bonds is 3. The summed E-state index contributed by atoms with van der Waals surface area (Å²) in [5.74, 6) is 0.545. The Balaban J connectivity index is 3.11. The molecule has 0 amide bonds. The maximum absolute atomic E-state index is 11.9. The Kier molecular flexibility index (Phi) is 3.36. The lowest BCUT2D eigenvalue weighted by molar-refractivity contribution is 0.129. The predicted molar refractivity (Wildman–Crippen MR) is 33.4 cm³/mol. The topological polar surface area (TPSA) is 0 Å². The summed E-state index contributed by atoms with van der Waals surface area (Å²) < 4.78 is 23.7. The van der Waals surface area contributed by atoms with Crippen LogP contribution in [-0.2, 0) is 0 Å². The minimum absolute atomic E-state index is 0.545. The molecule has 0 saturated heterocycles. The van der Waals surface area contributed by atoms with Crippen molar-refractivity contribution in [3.05, 3.63) is 0 Å². The van der Waals surface area contributed by atoms with E-state index in [-0.39, 0.29) is 0 Å². The predicted octanol–water partition coefficient (Wildman–Crippen LogP) is 2.74. The van der Waals surface area contributed by atoms with E-state index in [9.17, 15) is 8.78 Å². The van der Waals surface area contributed by atoms with E-state index < -0.39 is 5.25 Å². The highest BCUT2D eigenvalue weighted by atomic mass is 32.2. The number of hydrogen-bond donors (Lipinski definition) is 0. The van der Waals surface area contributed by atoms with E-state index in [1.54, 1.807) is 0 Å². The van der Waals surface area contributed by atoms with Gasteiger partial charge in [-0.1, -0.05) is 18.7 Å². The summed E-state index contributed by atoms with van der Waals surface area (Å²) in [6.07, 6.45) is 0.814. The van der Waals surface area contributed by atoms with Crippen molar-refractivity contribution in [1.82, 2.24) is 0 Å². The van der Waals surface area contributed by atoms with E-state index in [4.69, 9.17) is 0 Å². The van der Waals surface area contributed by atoms with Gasteiger partial charge < -0.3 is 0 Å². The fraction of sp³-hybridized carbons (Fsp3) is 1.00. The van der Waals surface area contributed by atoms with Crippen LogP contribution in [0.25, 0.3) is 0 Å². The number of hydrogen-bond acceptors (Lipinski definition) is 1. The molecule has 0 aliphatic carbocycles. The zero-order valence-corrected chi connectivity index (χ0v) is 5.89. The lowest BCUT2D eigenvalue weighted by atomic mass is 10.6. The van der Waals surface area contributed by atoms with Crippen molar-refractivity contribution in [2.45, 2.75) is 25.5 Å². The van der Waals surface area contributed by atoms with Crippen molar-refractivity contribution < 1.29 is 8.78 Å². The molecule has 0 aromatic heterocycles. The maximum atomic E-state index is 11.9. The van der Waals surface area contributed by atoms with Gasteiger partial charge in [0.25, 0.3) is 5.25 Å². The Morgan fingerprint density at radius 3 is 2.12 bits per heavy atom. The highest BCUT2D eigenvalue weighted by molar-refractivity contribution is 8.00. The van der Waals surface area contributed by atoms with E-state index in [1.807, 2.05) is 6.92 Å². The van der Waals surface area contributed by atoms with Gasteiger partial charge in [-0.3, -0.25) is 0 Å². The zero-order chi connectivity index (χ0) is 6.62. The van der Waals surface area contributed by atoms with Crippen molar-refractivity contribution in [1.29, 1.82) is 0 Å². The Labute approximate surface area is 52.7 Å². The molecule has 50 valence electrons. The lowest BCUT2D eigenvalue weighted by Gasteiger charge is -2.06. The van der Waals surface area contributed by atoms with E-state index in [1.165, 1.54) is 0 Å². The molecule has 0 rings (SSSR count). The standard InChI is InChI=1S/C5H10F2S/c1-3-4-8-5(2,6)7/h3-4H2,1-2H3. The van der Waals surface area contributed by atoms with Gasteiger partial charge in [-0.05, 0) is 12.2 Å². The summed E-state index contributed by atoms with van der Waals surface area (Å²) in [6.45, 7) is 2.81. The minimum atomic E-state index is -2.53. The van der Waals surface area contributed by atoms with Gasteiger partial charge in [0.1, 0.15) is 0 Å². The third kappa shape index (κ3) is 6.21. The molecule has 0 heterocycles. The average Bonchev–Trinajstić information content (AvgIpc) is 1.59. The summed E-state index contributed by atoms with van der Waals surface area (Å²) in [5, 5.41) is -2.53. The lowest BCUT2D eigenvalue weighted by Crippen LogP contribution is -2.02. The number of thioether (sulfide) groups is 1. The highest BCUT2D eigenvalue weighted by Gasteiger charge is 2.19. The summed E-state index contributed by atoms with van der Waals surface area (Å²) in [5.41, 5.74) is 0. The first-order valence-electron chi connectivity index (χ1n) is 2.58. The molecule has 0 aliphatic rings. The molecular formula is C5H10F2S. The number of alkyl halides is 2. The second-order valence-electron chi connectivity index (χ2n) is 1.66. The molecule has 0 aromatic rings. The normalized spacial score (nSPS) is 12.0. The van der Waals surface area contributed by atoms with Gasteiger partial charge in [-0.15, -0.1) is 0 Å². The van der Waals surface area contributed by atoms with Crippen molar-refractivity contribution in [2.75, 3.05) is 5.75 Å². The third-order valence-corrected chi connectivity index (χ3v) is 1.68. The van der Waals surface area contributed by atoms with Crippen LogP contribution in [0.5, 0.6) is 0 Å². The summed E-state index contributed by atoms with van der Waals surface area (Å²) >= 11 is 0.700. The SMILES string of the molecule is CCCSC(C)(F)F. The molecule has 0 N–H and O–H groups in total. The third-order valence-electron chi connectivity index (χ3n) is 0.560. The molecule has 0 saturated carbocycles. The Morgan fingerprint density at radius 1 is 1.50 bits per heavy atom. The van der Waals surface area contributed by atoms with Crippen LogP contribution in [0.4, 0.5) is 8.78 Å². The fourth-order valence-electron chi connectivity index (χ4n) is 0.281. The van der Waals surface area contributed by atoms with Crippen LogP contribution >= 0.6 is 11.8 Å². The molecule has 0 aromatic carbocycles. The molecule has 0 atom stereocenters. The van der Waals surface area contributed by atoms with Crippen molar-refractivity contribution in [3.63, 3.8) is 0 Å². The molecule has 3 heteroatoms. The summed E-state index contributed by atoms with van der Waals surface area (Å²) in [4.78, 5) is 0. The number of halogens is 2. The van der Waals surface area contributed by atoms with Crippen LogP contribution in [0.15, 0.2) is 0 Å². The van der Waals surface area contributed by atoms with Gasteiger partial charge in [0, 0.05) is 6.92 Å². The second kappa shape index (κ2) is 3.28. The van der Waals surface area contributed by atoms with Crippen molar-refractivity contribution in [2.24, 2.45) is 0 Å². The van der Waals surface area contributed by atoms with E-state index in [2.05, 4.69) is 0 Å². The average molecular weight is 140 g/mol. The first kappa shape index (κ1) is 8.21. The molecule has 0 unspecified atom stereocenters. The van der Waals surface area contributed by atoms with Gasteiger partial charge in [0.15, 0.2) is 0 Å². The van der Waals surface area contributed by atoms with Crippen LogP contribution in [0.1, 0.15) is 20.3 Å². The molecule has 0 fully saturated rings. The first-order valence-corrected chi connectivity index (χ1v) is 3.56. The van der Waals surface area contributed by atoms with Crippen LogP contribution in [0, 0.1) is 0 Å². The maximum Gasteiger partial charge on any atom is 0.291 e. The second-order valence-corrected chi connectivity index (χ2v) is 3.07. The molecule has 8 heavy (non-hydrogen) atoms. The van der Waals surface area contributed by atoms with Gasteiger partial charge in [-0.25, -0.2) is 0 Å². The molecule has 0 bridgehead atoms. The highest BCUT2D eigenvalue weighted by Crippen LogP contribution is 2.27. The van der Waals surface area contributed by atoms with Crippen LogP contribution in [0.2, 0.25) is 0 Å². The first-order chi connectivity index (χ1) is 3.56. The monoisotopic (exact) mass is 140 g/mol. The molecule has 0 aliphatic heterocycles. The smallest absolute Gasteiger partial charge is 0.195 e. The minimum Gasteiger partial charge on any atom is -0.195 e. The van der Waals surface area contributed by atoms with Crippen LogP contribution in [0.3, 0.4) is 0 Å². The van der Waals surface area contributed by atoms with E-state index >= 15 is 0 Å².